The van der Waals surface area contributed by atoms with Crippen LogP contribution in [-0.4, -0.2) is 60.0 Å². The minimum atomic E-state index is -1.18. The normalized spacial score (nSPS) is 14.1. The number of carboxylic acid groups (broad SMARTS) is 1. The van der Waals surface area contributed by atoms with E-state index in [-0.39, 0.29) is 11.8 Å². The maximum Gasteiger partial charge on any atom is 0.322 e. The number of nitrogens with one attached hydrogen (secondary N) is 3. The van der Waals surface area contributed by atoms with Gasteiger partial charge in [-0.1, -0.05) is 27.7 Å². The second-order valence-corrected chi connectivity index (χ2v) is 8.38. The van der Waals surface area contributed by atoms with Crippen LogP contribution in [0.15, 0.2) is 0 Å². The molecule has 0 aliphatic heterocycles. The lowest BCUT2D eigenvalue weighted by molar-refractivity contribution is -0.138. The summed E-state index contributed by atoms with van der Waals surface area (Å²) in [6.07, 6.45) is 2.42. The summed E-state index contributed by atoms with van der Waals surface area (Å²) < 4.78 is 0. The third-order valence-corrected chi connectivity index (χ3v) is 4.40. The molecule has 0 saturated carbocycles. The van der Waals surface area contributed by atoms with Gasteiger partial charge in [-0.05, 0) is 50.5 Å². The molecule has 0 heterocycles. The van der Waals surface area contributed by atoms with Crippen molar-refractivity contribution >= 4 is 23.7 Å². The average molecular weight is 430 g/mol. The van der Waals surface area contributed by atoms with Gasteiger partial charge in [-0.15, -0.1) is 0 Å². The van der Waals surface area contributed by atoms with Gasteiger partial charge < -0.3 is 32.5 Å². The Morgan fingerprint density at radius 1 is 0.833 bits per heavy atom. The predicted octanol–water partition coefficient (Wildman–Crippen LogP) is -0.295. The molecule has 0 spiro atoms. The molecule has 0 fully saturated rings. The van der Waals surface area contributed by atoms with Crippen molar-refractivity contribution in [3.05, 3.63) is 0 Å². The molecule has 0 rings (SSSR count). The summed E-state index contributed by atoms with van der Waals surface area (Å²) in [5.41, 5.74) is 11.4. The topological polar surface area (TPSA) is 177 Å². The fourth-order valence-electron chi connectivity index (χ4n) is 2.92. The Balaban J connectivity index is 5.21. The molecule has 0 saturated heterocycles. The molecule has 10 heteroatoms. The number of amides is 3. The highest BCUT2D eigenvalue weighted by Crippen LogP contribution is 2.09. The van der Waals surface area contributed by atoms with Crippen LogP contribution in [0.2, 0.25) is 0 Å². The van der Waals surface area contributed by atoms with E-state index in [1.807, 2.05) is 27.7 Å². The number of carboxylic acids is 1. The van der Waals surface area contributed by atoms with E-state index in [4.69, 9.17) is 16.6 Å². The SMILES string of the molecule is CC(C)CC(N)C(=O)NC(CC(C)C)C(=O)NC(CCCCN)C(=O)NCC(=O)O. The molecule has 0 aliphatic rings. The van der Waals surface area contributed by atoms with Gasteiger partial charge in [0.25, 0.3) is 0 Å². The minimum Gasteiger partial charge on any atom is -0.480 e. The number of carbonyl (C=O) groups excluding carboxylic acids is 3. The van der Waals surface area contributed by atoms with Crippen molar-refractivity contribution < 1.29 is 24.3 Å². The molecule has 3 atom stereocenters. The molecule has 3 amide bonds. The first-order valence-electron chi connectivity index (χ1n) is 10.5. The standard InChI is InChI=1S/C20H39N5O5/c1-12(2)9-14(22)18(28)25-16(10-13(3)4)20(30)24-15(7-5-6-8-21)19(29)23-11-17(26)27/h12-16H,5-11,21-22H2,1-4H3,(H,23,29)(H,24,30)(H,25,28)(H,26,27). The molecule has 0 bridgehead atoms. The van der Waals surface area contributed by atoms with Crippen molar-refractivity contribution in [3.8, 4) is 0 Å². The van der Waals surface area contributed by atoms with E-state index < -0.39 is 48.4 Å². The predicted molar refractivity (Wildman–Crippen MR) is 114 cm³/mol. The van der Waals surface area contributed by atoms with Gasteiger partial charge in [0.2, 0.25) is 17.7 Å². The molecule has 0 aromatic heterocycles. The van der Waals surface area contributed by atoms with Crippen molar-refractivity contribution in [2.24, 2.45) is 23.3 Å². The third-order valence-electron chi connectivity index (χ3n) is 4.40. The summed E-state index contributed by atoms with van der Waals surface area (Å²) in [7, 11) is 0. The van der Waals surface area contributed by atoms with Crippen LogP contribution in [0, 0.1) is 11.8 Å². The second-order valence-electron chi connectivity index (χ2n) is 8.38. The lowest BCUT2D eigenvalue weighted by Crippen LogP contribution is -2.56. The van der Waals surface area contributed by atoms with E-state index in [0.717, 1.165) is 0 Å². The fraction of sp³-hybridized carbons (Fsp3) is 0.800. The molecule has 10 nitrogen and oxygen atoms in total. The van der Waals surface area contributed by atoms with Gasteiger partial charge in [-0.25, -0.2) is 0 Å². The highest BCUT2D eigenvalue weighted by Gasteiger charge is 2.28. The molecule has 0 aromatic rings. The Morgan fingerprint density at radius 3 is 1.90 bits per heavy atom. The summed E-state index contributed by atoms with van der Waals surface area (Å²) >= 11 is 0. The molecule has 0 aliphatic carbocycles. The molecular weight excluding hydrogens is 390 g/mol. The summed E-state index contributed by atoms with van der Waals surface area (Å²) in [5.74, 6) is -2.35. The first-order valence-corrected chi connectivity index (χ1v) is 10.5. The average Bonchev–Trinajstić information content (AvgIpc) is 2.63. The molecule has 8 N–H and O–H groups in total. The van der Waals surface area contributed by atoms with Crippen molar-refractivity contribution in [1.82, 2.24) is 16.0 Å². The molecule has 0 aromatic carbocycles. The van der Waals surface area contributed by atoms with E-state index >= 15 is 0 Å². The fourth-order valence-corrected chi connectivity index (χ4v) is 2.92. The van der Waals surface area contributed by atoms with Gasteiger partial charge in [0.05, 0.1) is 6.04 Å². The Bertz CT molecular complexity index is 568. The van der Waals surface area contributed by atoms with Crippen LogP contribution in [0.1, 0.15) is 59.8 Å². The van der Waals surface area contributed by atoms with Gasteiger partial charge >= 0.3 is 5.97 Å². The molecule has 30 heavy (non-hydrogen) atoms. The smallest absolute Gasteiger partial charge is 0.322 e. The van der Waals surface area contributed by atoms with Crippen LogP contribution in [0.4, 0.5) is 0 Å². The Kier molecular flexibility index (Phi) is 13.7. The summed E-state index contributed by atoms with van der Waals surface area (Å²) in [4.78, 5) is 48.3. The number of hydrogen-bond acceptors (Lipinski definition) is 6. The second kappa shape index (κ2) is 14.7. The Hall–Kier alpha value is -2.20. The van der Waals surface area contributed by atoms with Crippen LogP contribution in [0.25, 0.3) is 0 Å². The van der Waals surface area contributed by atoms with Crippen LogP contribution in [0.3, 0.4) is 0 Å². The van der Waals surface area contributed by atoms with E-state index in [1.165, 1.54) is 0 Å². The number of aliphatic carboxylic acids is 1. The van der Waals surface area contributed by atoms with Crippen molar-refractivity contribution in [2.45, 2.75) is 77.9 Å². The zero-order valence-corrected chi connectivity index (χ0v) is 18.6. The maximum atomic E-state index is 12.9. The molecule has 174 valence electrons. The van der Waals surface area contributed by atoms with Gasteiger partial charge in [-0.2, -0.15) is 0 Å². The monoisotopic (exact) mass is 429 g/mol. The highest BCUT2D eigenvalue weighted by molar-refractivity contribution is 5.93. The number of rotatable bonds is 15. The first-order chi connectivity index (χ1) is 14.0. The highest BCUT2D eigenvalue weighted by atomic mass is 16.4. The first kappa shape index (κ1) is 27.8. The summed E-state index contributed by atoms with van der Waals surface area (Å²) in [6, 6.07) is -2.49. The van der Waals surface area contributed by atoms with E-state index in [2.05, 4.69) is 16.0 Å². The van der Waals surface area contributed by atoms with Crippen LogP contribution < -0.4 is 27.4 Å². The van der Waals surface area contributed by atoms with Gasteiger partial charge in [0, 0.05) is 0 Å². The molecule has 0 radical (unpaired) electrons. The van der Waals surface area contributed by atoms with Crippen LogP contribution >= 0.6 is 0 Å². The molecular formula is C20H39N5O5. The van der Waals surface area contributed by atoms with Crippen LogP contribution in [0.5, 0.6) is 0 Å². The zero-order chi connectivity index (χ0) is 23.3. The third kappa shape index (κ3) is 12.4. The van der Waals surface area contributed by atoms with E-state index in [0.29, 0.717) is 38.6 Å². The summed E-state index contributed by atoms with van der Waals surface area (Å²) in [6.45, 7) is 7.63. The van der Waals surface area contributed by atoms with Crippen molar-refractivity contribution in [2.75, 3.05) is 13.1 Å². The maximum absolute atomic E-state index is 12.9. The number of hydrogen-bond donors (Lipinski definition) is 6. The summed E-state index contributed by atoms with van der Waals surface area (Å²) in [5, 5.41) is 16.4. The number of carbonyl (C=O) groups is 4. The van der Waals surface area contributed by atoms with Crippen molar-refractivity contribution in [3.63, 3.8) is 0 Å². The largest absolute Gasteiger partial charge is 0.480 e. The lowest BCUT2D eigenvalue weighted by Gasteiger charge is -2.25. The Morgan fingerprint density at radius 2 is 1.40 bits per heavy atom. The van der Waals surface area contributed by atoms with E-state index in [9.17, 15) is 19.2 Å². The zero-order valence-electron chi connectivity index (χ0n) is 18.6. The van der Waals surface area contributed by atoms with E-state index in [1.54, 1.807) is 0 Å². The number of nitrogens with two attached hydrogens (primary N) is 2. The Labute approximate surface area is 178 Å². The number of unbranched alkanes of at least 4 members (excludes halogenated alkanes) is 1. The molecule has 3 unspecified atom stereocenters. The quantitative estimate of drug-likeness (QED) is 0.194. The van der Waals surface area contributed by atoms with Gasteiger partial charge in [0.1, 0.15) is 18.6 Å². The van der Waals surface area contributed by atoms with Gasteiger partial charge in [0.15, 0.2) is 0 Å². The minimum absolute atomic E-state index is 0.110. The van der Waals surface area contributed by atoms with Crippen LogP contribution in [-0.2, 0) is 19.2 Å². The van der Waals surface area contributed by atoms with Gasteiger partial charge in [-0.3, -0.25) is 19.2 Å². The van der Waals surface area contributed by atoms with Crippen molar-refractivity contribution in [1.29, 1.82) is 0 Å². The lowest BCUT2D eigenvalue weighted by atomic mass is 10.00.